The molecule has 0 N–H and O–H groups in total. The first-order valence-electron chi connectivity index (χ1n) is 7.54. The van der Waals surface area contributed by atoms with E-state index in [1.54, 1.807) is 4.90 Å². The Kier molecular flexibility index (Phi) is 4.13. The molecular formula is C16H22N4O2. The molecule has 1 atom stereocenters. The zero-order chi connectivity index (χ0) is 15.7. The van der Waals surface area contributed by atoms with Crippen molar-refractivity contribution in [2.75, 3.05) is 40.3 Å². The molecule has 6 heteroatoms. The zero-order valence-electron chi connectivity index (χ0n) is 13.3. The number of fused-ring (bicyclic) bond motifs is 1. The summed E-state index contributed by atoms with van der Waals surface area (Å²) in [5.41, 5.74) is 2.40. The van der Waals surface area contributed by atoms with Gasteiger partial charge in [0.1, 0.15) is 5.65 Å². The lowest BCUT2D eigenvalue weighted by molar-refractivity contribution is -0.0301. The van der Waals surface area contributed by atoms with Crippen LogP contribution in [-0.4, -0.2) is 71.5 Å². The topological polar surface area (TPSA) is 50.1 Å². The van der Waals surface area contributed by atoms with Crippen molar-refractivity contribution in [2.24, 2.45) is 0 Å². The Morgan fingerprint density at radius 1 is 1.55 bits per heavy atom. The summed E-state index contributed by atoms with van der Waals surface area (Å²) in [7, 11) is 3.90. The SMILES string of the molecule is Cc1cn2ccc(C(=O)N(C)CC3CN(C)CCO3)cc2n1. The number of aryl methyl sites for hydroxylation is 1. The van der Waals surface area contributed by atoms with Gasteiger partial charge in [-0.05, 0) is 26.1 Å². The Bertz CT molecular complexity index is 682. The molecule has 1 amide bonds. The van der Waals surface area contributed by atoms with Crippen molar-refractivity contribution in [1.82, 2.24) is 19.2 Å². The average molecular weight is 302 g/mol. The van der Waals surface area contributed by atoms with Gasteiger partial charge < -0.3 is 18.9 Å². The highest BCUT2D eigenvalue weighted by Gasteiger charge is 2.22. The molecule has 1 fully saturated rings. The van der Waals surface area contributed by atoms with Crippen LogP contribution >= 0.6 is 0 Å². The molecule has 1 unspecified atom stereocenters. The van der Waals surface area contributed by atoms with E-state index in [9.17, 15) is 4.79 Å². The minimum atomic E-state index is -0.0000189. The molecule has 0 spiro atoms. The predicted octanol–water partition coefficient (Wildman–Crippen LogP) is 1.05. The van der Waals surface area contributed by atoms with Gasteiger partial charge >= 0.3 is 0 Å². The lowest BCUT2D eigenvalue weighted by Gasteiger charge is -2.32. The van der Waals surface area contributed by atoms with Gasteiger partial charge in [-0.2, -0.15) is 0 Å². The van der Waals surface area contributed by atoms with Crippen LogP contribution in [0.2, 0.25) is 0 Å². The van der Waals surface area contributed by atoms with Gasteiger partial charge in [0.25, 0.3) is 5.91 Å². The van der Waals surface area contributed by atoms with Crippen LogP contribution in [-0.2, 0) is 4.74 Å². The van der Waals surface area contributed by atoms with E-state index in [1.165, 1.54) is 0 Å². The fourth-order valence-corrected chi connectivity index (χ4v) is 2.83. The second-order valence-corrected chi connectivity index (χ2v) is 6.00. The first-order valence-corrected chi connectivity index (χ1v) is 7.54. The summed E-state index contributed by atoms with van der Waals surface area (Å²) in [6.45, 7) is 5.07. The van der Waals surface area contributed by atoms with Crippen LogP contribution < -0.4 is 0 Å². The largest absolute Gasteiger partial charge is 0.374 e. The highest BCUT2D eigenvalue weighted by atomic mass is 16.5. The van der Waals surface area contributed by atoms with Gasteiger partial charge in [-0.3, -0.25) is 4.79 Å². The molecule has 0 radical (unpaired) electrons. The van der Waals surface area contributed by atoms with Gasteiger partial charge in [-0.25, -0.2) is 4.98 Å². The summed E-state index contributed by atoms with van der Waals surface area (Å²) >= 11 is 0. The smallest absolute Gasteiger partial charge is 0.253 e. The Labute approximate surface area is 130 Å². The number of carbonyl (C=O) groups excluding carboxylic acids is 1. The molecule has 6 nitrogen and oxygen atoms in total. The number of imidazole rings is 1. The molecule has 22 heavy (non-hydrogen) atoms. The molecule has 0 bridgehead atoms. The maximum atomic E-state index is 12.6. The van der Waals surface area contributed by atoms with E-state index < -0.39 is 0 Å². The van der Waals surface area contributed by atoms with Crippen molar-refractivity contribution in [3.63, 3.8) is 0 Å². The van der Waals surface area contributed by atoms with Gasteiger partial charge in [0.2, 0.25) is 0 Å². The normalized spacial score (nSPS) is 19.5. The van der Waals surface area contributed by atoms with E-state index in [4.69, 9.17) is 4.74 Å². The van der Waals surface area contributed by atoms with Crippen LogP contribution in [0.1, 0.15) is 16.1 Å². The van der Waals surface area contributed by atoms with E-state index in [-0.39, 0.29) is 12.0 Å². The van der Waals surface area contributed by atoms with Crippen LogP contribution in [0.25, 0.3) is 5.65 Å². The Balaban J connectivity index is 1.70. The number of hydrogen-bond acceptors (Lipinski definition) is 4. The quantitative estimate of drug-likeness (QED) is 0.850. The molecule has 0 aromatic carbocycles. The third kappa shape index (κ3) is 3.13. The first-order chi connectivity index (χ1) is 10.5. The van der Waals surface area contributed by atoms with Gasteiger partial charge in [0, 0.05) is 44.6 Å². The molecule has 1 aliphatic heterocycles. The Morgan fingerprint density at radius 2 is 2.36 bits per heavy atom. The summed E-state index contributed by atoms with van der Waals surface area (Å²) in [4.78, 5) is 20.9. The second-order valence-electron chi connectivity index (χ2n) is 6.00. The molecule has 118 valence electrons. The van der Waals surface area contributed by atoms with Gasteiger partial charge in [-0.15, -0.1) is 0 Å². The van der Waals surface area contributed by atoms with Crippen LogP contribution in [0.15, 0.2) is 24.5 Å². The molecule has 1 aliphatic rings. The number of aromatic nitrogens is 2. The van der Waals surface area contributed by atoms with E-state index in [2.05, 4.69) is 16.9 Å². The van der Waals surface area contributed by atoms with Crippen molar-refractivity contribution in [3.8, 4) is 0 Å². The molecule has 0 saturated carbocycles. The summed E-state index contributed by atoms with van der Waals surface area (Å²) in [6.07, 6.45) is 3.89. The first kappa shape index (κ1) is 15.0. The number of nitrogens with zero attached hydrogens (tertiary/aromatic N) is 4. The van der Waals surface area contributed by atoms with E-state index in [0.717, 1.165) is 31.0 Å². The van der Waals surface area contributed by atoms with Crippen LogP contribution in [0.3, 0.4) is 0 Å². The number of carbonyl (C=O) groups is 1. The van der Waals surface area contributed by atoms with Crippen molar-refractivity contribution in [2.45, 2.75) is 13.0 Å². The maximum absolute atomic E-state index is 12.6. The Hall–Kier alpha value is -1.92. The van der Waals surface area contributed by atoms with Gasteiger partial charge in [0.05, 0.1) is 18.4 Å². The van der Waals surface area contributed by atoms with Crippen molar-refractivity contribution < 1.29 is 9.53 Å². The molecule has 2 aromatic heterocycles. The van der Waals surface area contributed by atoms with Crippen molar-refractivity contribution in [3.05, 3.63) is 35.8 Å². The van der Waals surface area contributed by atoms with Gasteiger partial charge in [-0.1, -0.05) is 0 Å². The van der Waals surface area contributed by atoms with E-state index in [0.29, 0.717) is 12.1 Å². The highest BCUT2D eigenvalue weighted by Crippen LogP contribution is 2.11. The van der Waals surface area contributed by atoms with Crippen LogP contribution in [0.4, 0.5) is 0 Å². The molecule has 3 rings (SSSR count). The molecular weight excluding hydrogens is 280 g/mol. The average Bonchev–Trinajstić information content (AvgIpc) is 2.85. The van der Waals surface area contributed by atoms with Crippen LogP contribution in [0, 0.1) is 6.92 Å². The summed E-state index contributed by atoms with van der Waals surface area (Å²) in [6, 6.07) is 3.67. The summed E-state index contributed by atoms with van der Waals surface area (Å²) in [5.74, 6) is -0.0000189. The molecule has 2 aromatic rings. The minimum Gasteiger partial charge on any atom is -0.374 e. The summed E-state index contributed by atoms with van der Waals surface area (Å²) < 4.78 is 7.65. The number of pyridine rings is 1. The number of rotatable bonds is 3. The fourth-order valence-electron chi connectivity index (χ4n) is 2.83. The third-order valence-electron chi connectivity index (χ3n) is 3.99. The predicted molar refractivity (Wildman–Crippen MR) is 84.1 cm³/mol. The highest BCUT2D eigenvalue weighted by molar-refractivity contribution is 5.94. The number of morpholine rings is 1. The van der Waals surface area contributed by atoms with Crippen LogP contribution in [0.5, 0.6) is 0 Å². The number of hydrogen-bond donors (Lipinski definition) is 0. The number of likely N-dealkylation sites (N-methyl/N-ethyl adjacent to an activating group) is 2. The van der Waals surface area contributed by atoms with E-state index >= 15 is 0 Å². The molecule has 0 aliphatic carbocycles. The summed E-state index contributed by atoms with van der Waals surface area (Å²) in [5, 5.41) is 0. The Morgan fingerprint density at radius 3 is 3.14 bits per heavy atom. The third-order valence-corrected chi connectivity index (χ3v) is 3.99. The van der Waals surface area contributed by atoms with E-state index in [1.807, 2.05) is 42.9 Å². The fraction of sp³-hybridized carbons (Fsp3) is 0.500. The van der Waals surface area contributed by atoms with Crippen molar-refractivity contribution in [1.29, 1.82) is 0 Å². The zero-order valence-corrected chi connectivity index (χ0v) is 13.3. The molecule has 1 saturated heterocycles. The molecule has 3 heterocycles. The minimum absolute atomic E-state index is 0.0000189. The standard InChI is InChI=1S/C16H22N4O2/c1-12-9-20-5-4-13(8-15(20)17-12)16(21)19(3)11-14-10-18(2)6-7-22-14/h4-5,8-9,14H,6-7,10-11H2,1-3H3. The van der Waals surface area contributed by atoms with Crippen molar-refractivity contribution >= 4 is 11.6 Å². The number of ether oxygens (including phenoxy) is 1. The lowest BCUT2D eigenvalue weighted by atomic mass is 10.2. The monoisotopic (exact) mass is 302 g/mol. The maximum Gasteiger partial charge on any atom is 0.253 e. The van der Waals surface area contributed by atoms with Gasteiger partial charge in [0.15, 0.2) is 0 Å². The second kappa shape index (κ2) is 6.06. The lowest BCUT2D eigenvalue weighted by Crippen LogP contribution is -2.46. The number of amides is 1.